The van der Waals surface area contributed by atoms with Crippen LogP contribution in [0.15, 0.2) is 36.4 Å². The number of carbonyl (C=O) groups excluding carboxylic acids is 1. The molecule has 2 aromatic carbocycles. The minimum absolute atomic E-state index is 0.220. The van der Waals surface area contributed by atoms with E-state index in [4.69, 9.17) is 0 Å². The molecule has 0 fully saturated rings. The van der Waals surface area contributed by atoms with Crippen molar-refractivity contribution in [1.82, 2.24) is 0 Å². The summed E-state index contributed by atoms with van der Waals surface area (Å²) in [6.45, 7) is 5.68. The van der Waals surface area contributed by atoms with Crippen molar-refractivity contribution in [3.05, 3.63) is 64.5 Å². The molecule has 1 amide bonds. The molecule has 0 saturated carbocycles. The van der Waals surface area contributed by atoms with Crippen molar-refractivity contribution >= 4 is 11.6 Å². The van der Waals surface area contributed by atoms with E-state index >= 15 is 0 Å². The molecule has 0 radical (unpaired) electrons. The number of benzene rings is 2. The molecular formula is C16H16FNO. The minimum Gasteiger partial charge on any atom is -0.322 e. The van der Waals surface area contributed by atoms with Crippen molar-refractivity contribution in [3.63, 3.8) is 0 Å². The second-order valence-electron chi connectivity index (χ2n) is 4.79. The number of nitrogens with one attached hydrogen (secondary N) is 1. The third-order valence-electron chi connectivity index (χ3n) is 2.91. The van der Waals surface area contributed by atoms with Crippen LogP contribution in [0.2, 0.25) is 0 Å². The van der Waals surface area contributed by atoms with Gasteiger partial charge < -0.3 is 5.32 Å². The van der Waals surface area contributed by atoms with Gasteiger partial charge >= 0.3 is 0 Å². The van der Waals surface area contributed by atoms with Gasteiger partial charge in [-0.1, -0.05) is 6.07 Å². The number of aryl methyl sites for hydroxylation is 3. The van der Waals surface area contributed by atoms with Crippen molar-refractivity contribution in [3.8, 4) is 0 Å². The van der Waals surface area contributed by atoms with Gasteiger partial charge in [0.05, 0.1) is 0 Å². The fourth-order valence-electron chi connectivity index (χ4n) is 2.13. The topological polar surface area (TPSA) is 29.1 Å². The molecule has 0 aromatic heterocycles. The highest BCUT2D eigenvalue weighted by molar-refractivity contribution is 6.05. The van der Waals surface area contributed by atoms with Crippen LogP contribution in [0.1, 0.15) is 27.0 Å². The third kappa shape index (κ3) is 3.19. The van der Waals surface area contributed by atoms with Gasteiger partial charge in [-0.15, -0.1) is 0 Å². The minimum atomic E-state index is -0.333. The number of amides is 1. The van der Waals surface area contributed by atoms with Crippen LogP contribution in [0.3, 0.4) is 0 Å². The zero-order valence-electron chi connectivity index (χ0n) is 11.3. The van der Waals surface area contributed by atoms with E-state index in [-0.39, 0.29) is 11.7 Å². The maximum absolute atomic E-state index is 13.0. The number of carbonyl (C=O) groups is 1. The molecule has 1 N–H and O–H groups in total. The Morgan fingerprint density at radius 1 is 1.00 bits per heavy atom. The average molecular weight is 257 g/mol. The van der Waals surface area contributed by atoms with Crippen LogP contribution < -0.4 is 5.32 Å². The van der Waals surface area contributed by atoms with E-state index in [0.717, 1.165) is 16.8 Å². The van der Waals surface area contributed by atoms with E-state index in [0.29, 0.717) is 11.1 Å². The Balaban J connectivity index is 2.25. The molecule has 0 atom stereocenters. The lowest BCUT2D eigenvalue weighted by Crippen LogP contribution is -2.13. The summed E-state index contributed by atoms with van der Waals surface area (Å²) in [5.41, 5.74) is 4.05. The lowest BCUT2D eigenvalue weighted by Gasteiger charge is -2.09. The highest BCUT2D eigenvalue weighted by atomic mass is 19.1. The van der Waals surface area contributed by atoms with Gasteiger partial charge in [-0.2, -0.15) is 0 Å². The molecule has 0 unspecified atom stereocenters. The smallest absolute Gasteiger partial charge is 0.255 e. The van der Waals surface area contributed by atoms with Crippen LogP contribution in [0, 0.1) is 26.6 Å². The molecule has 2 rings (SSSR count). The van der Waals surface area contributed by atoms with E-state index < -0.39 is 0 Å². The number of hydrogen-bond acceptors (Lipinski definition) is 1. The first-order valence-electron chi connectivity index (χ1n) is 6.11. The normalized spacial score (nSPS) is 10.3. The maximum Gasteiger partial charge on any atom is 0.255 e. The maximum atomic E-state index is 13.0. The molecule has 2 aromatic rings. The van der Waals surface area contributed by atoms with Crippen LogP contribution in [0.5, 0.6) is 0 Å². The number of halogens is 1. The molecule has 0 bridgehead atoms. The largest absolute Gasteiger partial charge is 0.322 e. The molecule has 19 heavy (non-hydrogen) atoms. The van der Waals surface area contributed by atoms with Crippen LogP contribution in [0.4, 0.5) is 10.1 Å². The number of rotatable bonds is 2. The second kappa shape index (κ2) is 5.22. The van der Waals surface area contributed by atoms with Gasteiger partial charge in [0, 0.05) is 11.3 Å². The second-order valence-corrected chi connectivity index (χ2v) is 4.79. The predicted molar refractivity (Wildman–Crippen MR) is 75.0 cm³/mol. The Labute approximate surface area is 112 Å². The highest BCUT2D eigenvalue weighted by Crippen LogP contribution is 2.16. The summed E-state index contributed by atoms with van der Waals surface area (Å²) >= 11 is 0. The summed E-state index contributed by atoms with van der Waals surface area (Å²) in [4.78, 5) is 12.1. The molecule has 0 aliphatic heterocycles. The van der Waals surface area contributed by atoms with Gasteiger partial charge in [0.15, 0.2) is 0 Å². The molecule has 3 heteroatoms. The lowest BCUT2D eigenvalue weighted by atomic mass is 10.1. The Kier molecular flexibility index (Phi) is 3.65. The van der Waals surface area contributed by atoms with Gasteiger partial charge in [-0.3, -0.25) is 4.79 Å². The molecule has 0 saturated heterocycles. The molecule has 2 nitrogen and oxygen atoms in total. The fourth-order valence-corrected chi connectivity index (χ4v) is 2.13. The van der Waals surface area contributed by atoms with Gasteiger partial charge in [0.1, 0.15) is 5.82 Å². The zero-order valence-corrected chi connectivity index (χ0v) is 11.3. The van der Waals surface area contributed by atoms with Gasteiger partial charge in [0.2, 0.25) is 0 Å². The van der Waals surface area contributed by atoms with Crippen LogP contribution >= 0.6 is 0 Å². The molecule has 0 aliphatic rings. The average Bonchev–Trinajstić information content (AvgIpc) is 2.26. The standard InChI is InChI=1S/C16H16FNO/c1-10-6-11(2)8-14(7-10)18-16(19)15-5-4-13(17)9-12(15)3/h4-9H,1-3H3,(H,18,19). The van der Waals surface area contributed by atoms with Crippen LogP contribution in [-0.2, 0) is 0 Å². The first kappa shape index (κ1) is 13.3. The Morgan fingerprint density at radius 3 is 2.21 bits per heavy atom. The zero-order chi connectivity index (χ0) is 14.0. The van der Waals surface area contributed by atoms with Crippen molar-refractivity contribution in [1.29, 1.82) is 0 Å². The van der Waals surface area contributed by atoms with Gasteiger partial charge in [-0.05, 0) is 67.8 Å². The lowest BCUT2D eigenvalue weighted by molar-refractivity contribution is 0.102. The van der Waals surface area contributed by atoms with E-state index in [2.05, 4.69) is 5.32 Å². The van der Waals surface area contributed by atoms with Crippen LogP contribution in [0.25, 0.3) is 0 Å². The van der Waals surface area contributed by atoms with Gasteiger partial charge in [0.25, 0.3) is 5.91 Å². The van der Waals surface area contributed by atoms with Crippen molar-refractivity contribution in [2.45, 2.75) is 20.8 Å². The van der Waals surface area contributed by atoms with Crippen LogP contribution in [-0.4, -0.2) is 5.91 Å². The summed E-state index contributed by atoms with van der Waals surface area (Å²) in [6, 6.07) is 10.0. The Hall–Kier alpha value is -2.16. The summed E-state index contributed by atoms with van der Waals surface area (Å²) in [5, 5.41) is 2.84. The van der Waals surface area contributed by atoms with Crippen molar-refractivity contribution in [2.24, 2.45) is 0 Å². The van der Waals surface area contributed by atoms with E-state index in [1.165, 1.54) is 18.2 Å². The summed E-state index contributed by atoms with van der Waals surface area (Å²) in [7, 11) is 0. The molecule has 0 aliphatic carbocycles. The first-order valence-corrected chi connectivity index (χ1v) is 6.11. The van der Waals surface area contributed by atoms with Crippen molar-refractivity contribution in [2.75, 3.05) is 5.32 Å². The molecule has 0 spiro atoms. The highest BCUT2D eigenvalue weighted by Gasteiger charge is 2.10. The van der Waals surface area contributed by atoms with E-state index in [1.807, 2.05) is 32.0 Å². The summed E-state index contributed by atoms with van der Waals surface area (Å²) in [5.74, 6) is -0.553. The fraction of sp³-hybridized carbons (Fsp3) is 0.188. The summed E-state index contributed by atoms with van der Waals surface area (Å²) in [6.07, 6.45) is 0. The number of hydrogen-bond donors (Lipinski definition) is 1. The predicted octanol–water partition coefficient (Wildman–Crippen LogP) is 4.00. The Morgan fingerprint density at radius 2 is 1.63 bits per heavy atom. The molecule has 98 valence electrons. The molecular weight excluding hydrogens is 241 g/mol. The van der Waals surface area contributed by atoms with Gasteiger partial charge in [-0.25, -0.2) is 4.39 Å². The third-order valence-corrected chi connectivity index (χ3v) is 2.91. The van der Waals surface area contributed by atoms with Crippen molar-refractivity contribution < 1.29 is 9.18 Å². The molecule has 0 heterocycles. The Bertz CT molecular complexity index is 614. The van der Waals surface area contributed by atoms with E-state index in [9.17, 15) is 9.18 Å². The SMILES string of the molecule is Cc1cc(C)cc(NC(=O)c2ccc(F)cc2C)c1. The first-order chi connectivity index (χ1) is 8.95. The monoisotopic (exact) mass is 257 g/mol. The summed E-state index contributed by atoms with van der Waals surface area (Å²) < 4.78 is 13.0. The van der Waals surface area contributed by atoms with E-state index in [1.54, 1.807) is 6.92 Å². The number of anilines is 1. The quantitative estimate of drug-likeness (QED) is 0.865.